The fraction of sp³-hybridized carbons (Fsp3) is 0.867. The van der Waals surface area contributed by atoms with Gasteiger partial charge in [-0.3, -0.25) is 9.59 Å². The maximum absolute atomic E-state index is 12.5. The number of nitrogens with zero attached hydrogens (tertiary/aromatic N) is 1. The molecule has 0 bridgehead atoms. The average Bonchev–Trinajstić information content (AvgIpc) is 2.48. The van der Waals surface area contributed by atoms with E-state index in [4.69, 9.17) is 0 Å². The van der Waals surface area contributed by atoms with E-state index in [1.54, 1.807) is 4.90 Å². The van der Waals surface area contributed by atoms with Gasteiger partial charge >= 0.3 is 0 Å². The van der Waals surface area contributed by atoms with E-state index < -0.39 is 0 Å². The topological polar surface area (TPSA) is 61.4 Å². The summed E-state index contributed by atoms with van der Waals surface area (Å²) >= 11 is 0. The number of carbonyl (C=O) groups excluding carboxylic acids is 2. The molecule has 0 aromatic carbocycles. The van der Waals surface area contributed by atoms with Crippen LogP contribution in [0.25, 0.3) is 0 Å². The molecule has 0 radical (unpaired) electrons. The van der Waals surface area contributed by atoms with Crippen molar-refractivity contribution in [2.45, 2.75) is 64.0 Å². The number of rotatable bonds is 4. The number of carbonyl (C=O) groups is 2. The van der Waals surface area contributed by atoms with Gasteiger partial charge in [-0.1, -0.05) is 6.92 Å². The third-order valence-electron chi connectivity index (χ3n) is 4.23. The van der Waals surface area contributed by atoms with Crippen LogP contribution in [-0.2, 0) is 9.59 Å². The van der Waals surface area contributed by atoms with Gasteiger partial charge in [-0.05, 0) is 45.1 Å². The molecule has 2 amide bonds. The molecule has 5 heteroatoms. The molecule has 0 aromatic rings. The minimum Gasteiger partial charge on any atom is -0.350 e. The zero-order valence-corrected chi connectivity index (χ0v) is 12.5. The van der Waals surface area contributed by atoms with E-state index in [-0.39, 0.29) is 23.9 Å². The molecule has 2 aliphatic heterocycles. The standard InChI is InChI=1S/C15H27N3O2/c1-2-6-14(19)18-10-4-3-8-13(18)15(20)17-12-7-5-9-16-11-12/h12-13,16H,2-11H2,1H3,(H,17,20). The number of piperidine rings is 2. The van der Waals surface area contributed by atoms with Crippen LogP contribution in [0.4, 0.5) is 0 Å². The molecule has 0 aromatic heterocycles. The molecule has 2 rings (SSSR count). The first-order valence-electron chi connectivity index (χ1n) is 8.03. The van der Waals surface area contributed by atoms with Crippen LogP contribution >= 0.6 is 0 Å². The maximum Gasteiger partial charge on any atom is 0.243 e. The number of amides is 2. The Hall–Kier alpha value is -1.10. The van der Waals surface area contributed by atoms with Crippen LogP contribution in [0.3, 0.4) is 0 Å². The molecule has 2 aliphatic rings. The van der Waals surface area contributed by atoms with Crippen molar-refractivity contribution in [1.82, 2.24) is 15.5 Å². The SMILES string of the molecule is CCCC(=O)N1CCCCC1C(=O)NC1CCCNC1. The van der Waals surface area contributed by atoms with Gasteiger partial charge in [0.1, 0.15) is 6.04 Å². The number of hydrogen-bond donors (Lipinski definition) is 2. The molecule has 0 aliphatic carbocycles. The molecule has 2 N–H and O–H groups in total. The van der Waals surface area contributed by atoms with Crippen molar-refractivity contribution < 1.29 is 9.59 Å². The number of hydrogen-bond acceptors (Lipinski definition) is 3. The summed E-state index contributed by atoms with van der Waals surface area (Å²) in [6, 6.07) is -0.0222. The number of likely N-dealkylation sites (tertiary alicyclic amines) is 1. The number of nitrogens with one attached hydrogen (secondary N) is 2. The van der Waals surface area contributed by atoms with E-state index in [2.05, 4.69) is 10.6 Å². The van der Waals surface area contributed by atoms with Crippen LogP contribution in [0.15, 0.2) is 0 Å². The van der Waals surface area contributed by atoms with Crippen LogP contribution in [-0.4, -0.2) is 48.4 Å². The quantitative estimate of drug-likeness (QED) is 0.809. The molecule has 2 heterocycles. The summed E-state index contributed by atoms with van der Waals surface area (Å²) in [5.74, 6) is 0.178. The largest absolute Gasteiger partial charge is 0.350 e. The van der Waals surface area contributed by atoms with E-state index >= 15 is 0 Å². The minimum absolute atomic E-state index is 0.0443. The van der Waals surface area contributed by atoms with Gasteiger partial charge in [0.25, 0.3) is 0 Å². The highest BCUT2D eigenvalue weighted by Gasteiger charge is 2.32. The monoisotopic (exact) mass is 281 g/mol. The van der Waals surface area contributed by atoms with Crippen LogP contribution in [0.1, 0.15) is 51.9 Å². The first-order chi connectivity index (χ1) is 9.72. The minimum atomic E-state index is -0.246. The Kier molecular flexibility index (Phi) is 5.83. The summed E-state index contributed by atoms with van der Waals surface area (Å²) in [7, 11) is 0. The highest BCUT2D eigenvalue weighted by Crippen LogP contribution is 2.19. The smallest absolute Gasteiger partial charge is 0.243 e. The Morgan fingerprint density at radius 2 is 2.10 bits per heavy atom. The summed E-state index contributed by atoms with van der Waals surface area (Å²) in [5.41, 5.74) is 0. The zero-order chi connectivity index (χ0) is 14.4. The van der Waals surface area contributed by atoms with E-state index in [0.717, 1.165) is 58.2 Å². The van der Waals surface area contributed by atoms with Gasteiger partial charge in [-0.15, -0.1) is 0 Å². The van der Waals surface area contributed by atoms with Crippen molar-refractivity contribution in [2.75, 3.05) is 19.6 Å². The third-order valence-corrected chi connectivity index (χ3v) is 4.23. The lowest BCUT2D eigenvalue weighted by Crippen LogP contribution is -2.55. The second kappa shape index (κ2) is 7.62. The van der Waals surface area contributed by atoms with Gasteiger partial charge in [0.2, 0.25) is 11.8 Å². The Balaban J connectivity index is 1.92. The van der Waals surface area contributed by atoms with Crippen LogP contribution in [0.2, 0.25) is 0 Å². The molecular formula is C15H27N3O2. The predicted molar refractivity (Wildman–Crippen MR) is 78.3 cm³/mol. The van der Waals surface area contributed by atoms with E-state index in [0.29, 0.717) is 6.42 Å². The van der Waals surface area contributed by atoms with E-state index in [9.17, 15) is 9.59 Å². The average molecular weight is 281 g/mol. The zero-order valence-electron chi connectivity index (χ0n) is 12.5. The summed E-state index contributed by atoms with van der Waals surface area (Å²) in [6.45, 7) is 4.63. The second-order valence-electron chi connectivity index (χ2n) is 5.90. The van der Waals surface area contributed by atoms with Gasteiger partial charge in [-0.2, -0.15) is 0 Å². The molecule has 0 spiro atoms. The summed E-state index contributed by atoms with van der Waals surface area (Å²) < 4.78 is 0. The van der Waals surface area contributed by atoms with Gasteiger partial charge in [0.15, 0.2) is 0 Å². The molecule has 2 saturated heterocycles. The molecule has 2 unspecified atom stereocenters. The van der Waals surface area contributed by atoms with Gasteiger partial charge in [0.05, 0.1) is 0 Å². The fourth-order valence-electron chi connectivity index (χ4n) is 3.13. The summed E-state index contributed by atoms with van der Waals surface area (Å²) in [4.78, 5) is 26.4. The Morgan fingerprint density at radius 3 is 2.80 bits per heavy atom. The first-order valence-corrected chi connectivity index (χ1v) is 8.03. The van der Waals surface area contributed by atoms with E-state index in [1.807, 2.05) is 6.92 Å². The Bertz CT molecular complexity index is 340. The second-order valence-corrected chi connectivity index (χ2v) is 5.90. The van der Waals surface area contributed by atoms with Crippen molar-refractivity contribution in [3.05, 3.63) is 0 Å². The van der Waals surface area contributed by atoms with Gasteiger partial charge in [-0.25, -0.2) is 0 Å². The maximum atomic E-state index is 12.5. The third kappa shape index (κ3) is 3.95. The fourth-order valence-corrected chi connectivity index (χ4v) is 3.13. The predicted octanol–water partition coefficient (Wildman–Crippen LogP) is 1.04. The summed E-state index contributed by atoms with van der Waals surface area (Å²) in [6.07, 6.45) is 6.40. The molecular weight excluding hydrogens is 254 g/mol. The molecule has 114 valence electrons. The molecule has 5 nitrogen and oxygen atoms in total. The summed E-state index contributed by atoms with van der Waals surface area (Å²) in [5, 5.41) is 6.42. The van der Waals surface area contributed by atoms with Crippen LogP contribution in [0, 0.1) is 0 Å². The van der Waals surface area contributed by atoms with Crippen molar-refractivity contribution in [3.8, 4) is 0 Å². The highest BCUT2D eigenvalue weighted by atomic mass is 16.2. The Labute approximate surface area is 121 Å². The van der Waals surface area contributed by atoms with Crippen molar-refractivity contribution in [2.24, 2.45) is 0 Å². The van der Waals surface area contributed by atoms with Crippen molar-refractivity contribution >= 4 is 11.8 Å². The van der Waals surface area contributed by atoms with Gasteiger partial charge in [0, 0.05) is 25.6 Å². The lowest BCUT2D eigenvalue weighted by Gasteiger charge is -2.36. The Morgan fingerprint density at radius 1 is 1.25 bits per heavy atom. The van der Waals surface area contributed by atoms with Crippen molar-refractivity contribution in [3.63, 3.8) is 0 Å². The van der Waals surface area contributed by atoms with Crippen LogP contribution < -0.4 is 10.6 Å². The van der Waals surface area contributed by atoms with Gasteiger partial charge < -0.3 is 15.5 Å². The van der Waals surface area contributed by atoms with Crippen molar-refractivity contribution in [1.29, 1.82) is 0 Å². The van der Waals surface area contributed by atoms with Crippen LogP contribution in [0.5, 0.6) is 0 Å². The molecule has 0 saturated carbocycles. The lowest BCUT2D eigenvalue weighted by molar-refractivity contribution is -0.142. The first kappa shape index (κ1) is 15.3. The lowest BCUT2D eigenvalue weighted by atomic mass is 9.99. The highest BCUT2D eigenvalue weighted by molar-refractivity contribution is 5.88. The normalized spacial score (nSPS) is 27.1. The molecule has 2 fully saturated rings. The molecule has 20 heavy (non-hydrogen) atoms. The van der Waals surface area contributed by atoms with E-state index in [1.165, 1.54) is 0 Å². The molecule has 2 atom stereocenters.